The molecule has 0 N–H and O–H groups in total. The fraction of sp³-hybridized carbons (Fsp3) is 0.933. The molecule has 2 nitrogen and oxygen atoms in total. The van der Waals surface area contributed by atoms with E-state index < -0.39 is 0 Å². The van der Waals surface area contributed by atoms with Crippen LogP contribution in [-0.4, -0.2) is 29.1 Å². The van der Waals surface area contributed by atoms with Gasteiger partial charge in [0, 0.05) is 25.5 Å². The van der Waals surface area contributed by atoms with Gasteiger partial charge in [0.05, 0.1) is 0 Å². The summed E-state index contributed by atoms with van der Waals surface area (Å²) < 4.78 is 0. The second kappa shape index (κ2) is 22.1. The number of nitrogens with zero attached hydrogens (tertiary/aromatic N) is 2. The van der Waals surface area contributed by atoms with Gasteiger partial charge in [-0.2, -0.15) is 0 Å². The van der Waals surface area contributed by atoms with Crippen LogP contribution in [0, 0.1) is 0 Å². The summed E-state index contributed by atoms with van der Waals surface area (Å²) in [5.74, 6) is 0. The molecule has 0 saturated carbocycles. The van der Waals surface area contributed by atoms with Gasteiger partial charge >= 0.3 is 0 Å². The largest absolute Gasteiger partial charge is 0.356 e. The van der Waals surface area contributed by atoms with E-state index in [0.29, 0.717) is 6.17 Å². The van der Waals surface area contributed by atoms with Gasteiger partial charge in [-0.1, -0.05) is 136 Å². The smallest absolute Gasteiger partial charge is 0.101 e. The third-order valence-electron chi connectivity index (χ3n) is 7.42. The molecule has 0 fully saturated rings. The number of hydrogen-bond donors (Lipinski definition) is 0. The van der Waals surface area contributed by atoms with Crippen LogP contribution in [-0.2, 0) is 0 Å². The molecule has 32 heavy (non-hydrogen) atoms. The van der Waals surface area contributed by atoms with E-state index in [1.54, 1.807) is 0 Å². The first-order chi connectivity index (χ1) is 15.8. The van der Waals surface area contributed by atoms with Crippen molar-refractivity contribution in [3.05, 3.63) is 12.4 Å². The minimum absolute atomic E-state index is 0.637. The zero-order valence-corrected chi connectivity index (χ0v) is 22.6. The van der Waals surface area contributed by atoms with E-state index in [4.69, 9.17) is 0 Å². The summed E-state index contributed by atoms with van der Waals surface area (Å²) in [6.45, 7) is 9.31. The van der Waals surface area contributed by atoms with Crippen molar-refractivity contribution in [3.8, 4) is 0 Å². The minimum atomic E-state index is 0.637. The summed E-state index contributed by atoms with van der Waals surface area (Å²) in [5, 5.41) is 0. The summed E-state index contributed by atoms with van der Waals surface area (Å²) in [6, 6.07) is 0. The molecule has 0 aromatic carbocycles. The maximum Gasteiger partial charge on any atom is 0.101 e. The fourth-order valence-corrected chi connectivity index (χ4v) is 5.20. The maximum atomic E-state index is 2.64. The van der Waals surface area contributed by atoms with Gasteiger partial charge in [-0.15, -0.1) is 0 Å². The molecule has 1 rings (SSSR count). The second-order valence-corrected chi connectivity index (χ2v) is 10.4. The lowest BCUT2D eigenvalue weighted by molar-refractivity contribution is 0.142. The summed E-state index contributed by atoms with van der Waals surface area (Å²) in [6.07, 6.45) is 36.8. The van der Waals surface area contributed by atoms with Crippen molar-refractivity contribution in [2.75, 3.05) is 13.1 Å². The lowest BCUT2D eigenvalue weighted by Crippen LogP contribution is -2.38. The van der Waals surface area contributed by atoms with Crippen LogP contribution in [0.15, 0.2) is 12.4 Å². The van der Waals surface area contributed by atoms with Crippen molar-refractivity contribution in [3.63, 3.8) is 0 Å². The van der Waals surface area contributed by atoms with E-state index in [0.717, 1.165) is 6.54 Å². The average molecular weight is 449 g/mol. The van der Waals surface area contributed by atoms with E-state index in [-0.39, 0.29) is 0 Å². The molecule has 1 aliphatic rings. The Labute approximate surface area is 203 Å². The molecule has 0 aromatic rings. The maximum absolute atomic E-state index is 2.64. The predicted octanol–water partition coefficient (Wildman–Crippen LogP) is 10.0. The summed E-state index contributed by atoms with van der Waals surface area (Å²) in [5.41, 5.74) is 0. The molecule has 0 radical (unpaired) electrons. The van der Waals surface area contributed by atoms with Crippen LogP contribution in [0.5, 0.6) is 0 Å². The Kier molecular flexibility index (Phi) is 20.3. The van der Waals surface area contributed by atoms with Crippen LogP contribution in [0.4, 0.5) is 0 Å². The van der Waals surface area contributed by atoms with Crippen molar-refractivity contribution in [2.24, 2.45) is 0 Å². The van der Waals surface area contributed by atoms with Crippen molar-refractivity contribution in [1.82, 2.24) is 9.80 Å². The Balaban J connectivity index is 1.94. The highest BCUT2D eigenvalue weighted by molar-refractivity contribution is 4.96. The highest BCUT2D eigenvalue weighted by Crippen LogP contribution is 2.22. The van der Waals surface area contributed by atoms with E-state index in [2.05, 4.69) is 43.0 Å². The van der Waals surface area contributed by atoms with E-state index in [1.165, 1.54) is 148 Å². The first kappa shape index (κ1) is 29.4. The molecule has 1 heterocycles. The molecule has 0 aromatic heterocycles. The molecule has 2 heteroatoms. The Morgan fingerprint density at radius 2 is 0.812 bits per heavy atom. The van der Waals surface area contributed by atoms with Gasteiger partial charge < -0.3 is 9.80 Å². The number of hydrogen-bond acceptors (Lipinski definition) is 2. The lowest BCUT2D eigenvalue weighted by atomic mass is 10.0. The molecule has 0 saturated heterocycles. The number of rotatable bonds is 24. The average Bonchev–Trinajstić information content (AvgIpc) is 3.20. The van der Waals surface area contributed by atoms with Crippen LogP contribution in [0.3, 0.4) is 0 Å². The van der Waals surface area contributed by atoms with Crippen molar-refractivity contribution >= 4 is 0 Å². The summed E-state index contributed by atoms with van der Waals surface area (Å²) in [4.78, 5) is 5.19. The third-order valence-corrected chi connectivity index (χ3v) is 7.42. The van der Waals surface area contributed by atoms with Crippen molar-refractivity contribution < 1.29 is 0 Å². The van der Waals surface area contributed by atoms with Gasteiger partial charge in [-0.3, -0.25) is 0 Å². The predicted molar refractivity (Wildman–Crippen MR) is 145 cm³/mol. The van der Waals surface area contributed by atoms with E-state index in [1.807, 2.05) is 0 Å². The molecule has 0 bridgehead atoms. The van der Waals surface area contributed by atoms with Gasteiger partial charge in [0.25, 0.3) is 0 Å². The Morgan fingerprint density at radius 1 is 0.438 bits per heavy atom. The fourth-order valence-electron chi connectivity index (χ4n) is 5.20. The van der Waals surface area contributed by atoms with Gasteiger partial charge in [-0.25, -0.2) is 0 Å². The van der Waals surface area contributed by atoms with Gasteiger partial charge in [0.2, 0.25) is 0 Å². The molecule has 1 aliphatic heterocycles. The van der Waals surface area contributed by atoms with Crippen molar-refractivity contribution in [2.45, 2.75) is 168 Å². The molecule has 1 atom stereocenters. The Bertz CT molecular complexity index is 406. The van der Waals surface area contributed by atoms with Gasteiger partial charge in [0.1, 0.15) is 6.17 Å². The quantitative estimate of drug-likeness (QED) is 0.135. The first-order valence-corrected chi connectivity index (χ1v) is 15.0. The highest BCUT2D eigenvalue weighted by atomic mass is 15.4. The highest BCUT2D eigenvalue weighted by Gasteiger charge is 2.23. The number of unbranched alkanes of at least 4 members (excludes halogenated alkanes) is 19. The molecular formula is C30H60N2. The van der Waals surface area contributed by atoms with Crippen LogP contribution < -0.4 is 0 Å². The van der Waals surface area contributed by atoms with Crippen LogP contribution in [0.25, 0.3) is 0 Å². The third kappa shape index (κ3) is 15.2. The molecule has 0 amide bonds. The Morgan fingerprint density at radius 3 is 1.25 bits per heavy atom. The molecule has 0 aliphatic carbocycles. The molecule has 1 unspecified atom stereocenters. The minimum Gasteiger partial charge on any atom is -0.356 e. The molecule has 190 valence electrons. The zero-order valence-electron chi connectivity index (χ0n) is 22.6. The second-order valence-electron chi connectivity index (χ2n) is 10.4. The normalized spacial score (nSPS) is 15.9. The van der Waals surface area contributed by atoms with Crippen LogP contribution in [0.2, 0.25) is 0 Å². The summed E-state index contributed by atoms with van der Waals surface area (Å²) in [7, 11) is 0. The van der Waals surface area contributed by atoms with Crippen LogP contribution >= 0.6 is 0 Å². The molecule has 0 spiro atoms. The standard InChI is InChI=1S/C30H60N2/c1-4-7-9-11-13-14-15-16-17-18-19-20-21-23-25-27-32-29-28-31(6-3)30(32)26-24-22-12-10-8-5-2/h28-30H,4-27H2,1-3H3. The van der Waals surface area contributed by atoms with E-state index >= 15 is 0 Å². The van der Waals surface area contributed by atoms with Crippen LogP contribution in [0.1, 0.15) is 162 Å². The lowest BCUT2D eigenvalue weighted by Gasteiger charge is -2.32. The van der Waals surface area contributed by atoms with Crippen molar-refractivity contribution in [1.29, 1.82) is 0 Å². The van der Waals surface area contributed by atoms with E-state index in [9.17, 15) is 0 Å². The summed E-state index contributed by atoms with van der Waals surface area (Å²) >= 11 is 0. The monoisotopic (exact) mass is 448 g/mol. The SMILES string of the molecule is CCCCCCCCCCCCCCCCCN1C=CN(CC)C1CCCCCCCC. The van der Waals surface area contributed by atoms with Gasteiger partial charge in [0.15, 0.2) is 0 Å². The van der Waals surface area contributed by atoms with Gasteiger partial charge in [-0.05, 0) is 26.2 Å². The molecular weight excluding hydrogens is 388 g/mol. The topological polar surface area (TPSA) is 6.48 Å². The zero-order chi connectivity index (χ0) is 23.1. The Hall–Kier alpha value is -0.660. The first-order valence-electron chi connectivity index (χ1n) is 15.0.